The van der Waals surface area contributed by atoms with Crippen LogP contribution in [-0.4, -0.2) is 37.5 Å². The highest BCUT2D eigenvalue weighted by Crippen LogP contribution is 2.22. The van der Waals surface area contributed by atoms with Gasteiger partial charge in [-0.05, 0) is 43.7 Å². The van der Waals surface area contributed by atoms with Gasteiger partial charge in [-0.3, -0.25) is 4.79 Å². The lowest BCUT2D eigenvalue weighted by molar-refractivity contribution is 0.0736. The van der Waals surface area contributed by atoms with E-state index in [1.165, 1.54) is 6.26 Å². The van der Waals surface area contributed by atoms with Crippen LogP contribution in [0.15, 0.2) is 47.4 Å². The average Bonchev–Trinajstić information content (AvgIpc) is 2.52. The highest BCUT2D eigenvalue weighted by Gasteiger charge is 2.20. The van der Waals surface area contributed by atoms with E-state index in [0.29, 0.717) is 5.69 Å². The molecule has 0 aliphatic rings. The third kappa shape index (κ3) is 3.96. The first-order valence-electron chi connectivity index (χ1n) is 7.21. The van der Waals surface area contributed by atoms with Gasteiger partial charge in [0.25, 0.3) is 5.91 Å². The molecule has 0 N–H and O–H groups in total. The SMILES string of the molecule is Cc1cccc(C(=O)N(C)[C@H](C)c2ccc(S(C)(=O)=O)cc2)n1. The van der Waals surface area contributed by atoms with Crippen LogP contribution in [0.2, 0.25) is 0 Å². The van der Waals surface area contributed by atoms with Crippen molar-refractivity contribution in [3.63, 3.8) is 0 Å². The lowest BCUT2D eigenvalue weighted by Crippen LogP contribution is -2.30. The molecule has 0 spiro atoms. The van der Waals surface area contributed by atoms with E-state index in [2.05, 4.69) is 4.98 Å². The Labute approximate surface area is 136 Å². The number of sulfone groups is 1. The summed E-state index contributed by atoms with van der Waals surface area (Å²) in [6.07, 6.45) is 1.17. The fourth-order valence-corrected chi connectivity index (χ4v) is 2.87. The molecule has 0 bridgehead atoms. The van der Waals surface area contributed by atoms with Gasteiger partial charge in [-0.2, -0.15) is 0 Å². The summed E-state index contributed by atoms with van der Waals surface area (Å²) in [7, 11) is -1.51. The van der Waals surface area contributed by atoms with Gasteiger partial charge in [0.15, 0.2) is 9.84 Å². The van der Waals surface area contributed by atoms with Crippen molar-refractivity contribution in [2.24, 2.45) is 0 Å². The summed E-state index contributed by atoms with van der Waals surface area (Å²) >= 11 is 0. The normalized spacial score (nSPS) is 12.7. The third-order valence-electron chi connectivity index (χ3n) is 3.80. The van der Waals surface area contributed by atoms with Crippen molar-refractivity contribution >= 4 is 15.7 Å². The molecule has 1 heterocycles. The van der Waals surface area contributed by atoms with Crippen molar-refractivity contribution in [3.8, 4) is 0 Å². The van der Waals surface area contributed by atoms with E-state index >= 15 is 0 Å². The summed E-state index contributed by atoms with van der Waals surface area (Å²) in [5.74, 6) is -0.173. The van der Waals surface area contributed by atoms with Crippen molar-refractivity contribution in [1.29, 1.82) is 0 Å². The Hall–Kier alpha value is -2.21. The van der Waals surface area contributed by atoms with Gasteiger partial charge in [0.1, 0.15) is 5.69 Å². The van der Waals surface area contributed by atoms with Gasteiger partial charge < -0.3 is 4.90 Å². The highest BCUT2D eigenvalue weighted by atomic mass is 32.2. The molecule has 1 aromatic heterocycles. The van der Waals surface area contributed by atoms with Crippen molar-refractivity contribution in [3.05, 3.63) is 59.4 Å². The van der Waals surface area contributed by atoms with Crippen molar-refractivity contribution in [1.82, 2.24) is 9.88 Å². The molecule has 0 saturated heterocycles. The number of aryl methyl sites for hydroxylation is 1. The maximum atomic E-state index is 12.5. The van der Waals surface area contributed by atoms with Gasteiger partial charge in [-0.15, -0.1) is 0 Å². The zero-order valence-corrected chi connectivity index (χ0v) is 14.5. The van der Waals surface area contributed by atoms with Crippen LogP contribution in [-0.2, 0) is 9.84 Å². The second-order valence-electron chi connectivity index (χ2n) is 5.60. The molecule has 2 aromatic rings. The zero-order valence-electron chi connectivity index (χ0n) is 13.6. The summed E-state index contributed by atoms with van der Waals surface area (Å²) in [6.45, 7) is 3.73. The number of pyridine rings is 1. The molecule has 0 saturated carbocycles. The van der Waals surface area contributed by atoms with Gasteiger partial charge in [-0.1, -0.05) is 18.2 Å². The van der Waals surface area contributed by atoms with Crippen LogP contribution in [0.3, 0.4) is 0 Å². The number of carbonyl (C=O) groups excluding carboxylic acids is 1. The molecule has 1 atom stereocenters. The summed E-state index contributed by atoms with van der Waals surface area (Å²) in [5, 5.41) is 0. The molecule has 1 amide bonds. The first-order chi connectivity index (χ1) is 10.7. The molecular formula is C17H20N2O3S. The minimum absolute atomic E-state index is 0.173. The quantitative estimate of drug-likeness (QED) is 0.863. The van der Waals surface area contributed by atoms with E-state index in [0.717, 1.165) is 11.3 Å². The van der Waals surface area contributed by atoms with Crippen LogP contribution in [0.25, 0.3) is 0 Å². The molecular weight excluding hydrogens is 312 g/mol. The Bertz CT molecular complexity index is 814. The molecule has 0 aliphatic heterocycles. The topological polar surface area (TPSA) is 67.3 Å². The van der Waals surface area contributed by atoms with Gasteiger partial charge in [0.2, 0.25) is 0 Å². The van der Waals surface area contributed by atoms with E-state index in [-0.39, 0.29) is 16.8 Å². The average molecular weight is 332 g/mol. The molecule has 0 aliphatic carbocycles. The number of carbonyl (C=O) groups is 1. The maximum absolute atomic E-state index is 12.5. The fourth-order valence-electron chi connectivity index (χ4n) is 2.24. The number of nitrogens with zero attached hydrogens (tertiary/aromatic N) is 2. The number of benzene rings is 1. The van der Waals surface area contributed by atoms with Crippen molar-refractivity contribution < 1.29 is 13.2 Å². The predicted molar refractivity (Wildman–Crippen MR) is 89.0 cm³/mol. The van der Waals surface area contributed by atoms with Crippen LogP contribution in [0.4, 0.5) is 0 Å². The molecule has 23 heavy (non-hydrogen) atoms. The summed E-state index contributed by atoms with van der Waals surface area (Å²) in [4.78, 5) is 18.6. The summed E-state index contributed by atoms with van der Waals surface area (Å²) in [5.41, 5.74) is 2.04. The Balaban J connectivity index is 2.22. The van der Waals surface area contributed by atoms with Crippen molar-refractivity contribution in [2.75, 3.05) is 13.3 Å². The molecule has 2 rings (SSSR count). The minimum atomic E-state index is -3.22. The Morgan fingerprint density at radius 1 is 1.13 bits per heavy atom. The molecule has 122 valence electrons. The number of hydrogen-bond donors (Lipinski definition) is 0. The second kappa shape index (κ2) is 6.50. The molecule has 5 nitrogen and oxygen atoms in total. The highest BCUT2D eigenvalue weighted by molar-refractivity contribution is 7.90. The lowest BCUT2D eigenvalue weighted by Gasteiger charge is -2.25. The number of amides is 1. The van der Waals surface area contributed by atoms with Crippen LogP contribution in [0, 0.1) is 6.92 Å². The van der Waals surface area contributed by atoms with E-state index < -0.39 is 9.84 Å². The van der Waals surface area contributed by atoms with Gasteiger partial charge in [0.05, 0.1) is 10.9 Å². The zero-order chi connectivity index (χ0) is 17.2. The van der Waals surface area contributed by atoms with E-state index in [9.17, 15) is 13.2 Å². The monoisotopic (exact) mass is 332 g/mol. The number of aromatic nitrogens is 1. The minimum Gasteiger partial charge on any atom is -0.334 e. The van der Waals surface area contributed by atoms with Gasteiger partial charge in [0, 0.05) is 19.0 Å². The summed E-state index contributed by atoms with van der Waals surface area (Å²) in [6, 6.07) is 11.7. The van der Waals surface area contributed by atoms with Crippen LogP contribution >= 0.6 is 0 Å². The molecule has 0 radical (unpaired) electrons. The predicted octanol–water partition coefficient (Wildman–Crippen LogP) is 2.63. The van der Waals surface area contributed by atoms with E-state index in [1.54, 1.807) is 48.3 Å². The lowest BCUT2D eigenvalue weighted by atomic mass is 10.1. The molecule has 1 aromatic carbocycles. The Morgan fingerprint density at radius 2 is 1.74 bits per heavy atom. The molecule has 0 unspecified atom stereocenters. The van der Waals surface area contributed by atoms with Crippen LogP contribution < -0.4 is 0 Å². The molecule has 6 heteroatoms. The fraction of sp³-hybridized carbons (Fsp3) is 0.294. The van der Waals surface area contributed by atoms with Crippen molar-refractivity contribution in [2.45, 2.75) is 24.8 Å². The molecule has 0 fully saturated rings. The smallest absolute Gasteiger partial charge is 0.272 e. The summed E-state index contributed by atoms with van der Waals surface area (Å²) < 4.78 is 23.0. The number of hydrogen-bond acceptors (Lipinski definition) is 4. The Morgan fingerprint density at radius 3 is 2.26 bits per heavy atom. The standard InChI is InChI=1S/C17H20N2O3S/c1-12-6-5-7-16(18-12)17(20)19(3)13(2)14-8-10-15(11-9-14)23(4,21)22/h5-11,13H,1-4H3/t13-/m1/s1. The van der Waals surface area contributed by atoms with E-state index in [1.807, 2.05) is 19.9 Å². The first-order valence-corrected chi connectivity index (χ1v) is 9.10. The first kappa shape index (κ1) is 17.1. The maximum Gasteiger partial charge on any atom is 0.272 e. The third-order valence-corrected chi connectivity index (χ3v) is 4.93. The van der Waals surface area contributed by atoms with E-state index in [4.69, 9.17) is 0 Å². The van der Waals surface area contributed by atoms with Crippen LogP contribution in [0.1, 0.15) is 34.7 Å². The number of rotatable bonds is 4. The van der Waals surface area contributed by atoms with Gasteiger partial charge >= 0.3 is 0 Å². The second-order valence-corrected chi connectivity index (χ2v) is 7.61. The Kier molecular flexibility index (Phi) is 4.85. The van der Waals surface area contributed by atoms with Crippen LogP contribution in [0.5, 0.6) is 0 Å². The van der Waals surface area contributed by atoms with Gasteiger partial charge in [-0.25, -0.2) is 13.4 Å². The largest absolute Gasteiger partial charge is 0.334 e.